The topological polar surface area (TPSA) is 101 Å². The van der Waals surface area contributed by atoms with Gasteiger partial charge in [-0.2, -0.15) is 5.26 Å². The van der Waals surface area contributed by atoms with Gasteiger partial charge < -0.3 is 14.5 Å². The van der Waals surface area contributed by atoms with Crippen LogP contribution in [0.3, 0.4) is 0 Å². The maximum Gasteiger partial charge on any atom is 0.277 e. The number of anilines is 1. The van der Waals surface area contributed by atoms with Crippen molar-refractivity contribution in [1.82, 2.24) is 10.2 Å². The van der Waals surface area contributed by atoms with Gasteiger partial charge in [0.15, 0.2) is 17.7 Å². The summed E-state index contributed by atoms with van der Waals surface area (Å²) in [6.45, 7) is 3.41. The van der Waals surface area contributed by atoms with Gasteiger partial charge in [0.25, 0.3) is 11.1 Å². The Kier molecular flexibility index (Phi) is 7.30. The Bertz CT molecular complexity index is 1190. The Morgan fingerprint density at radius 3 is 2.85 bits per heavy atom. The summed E-state index contributed by atoms with van der Waals surface area (Å²) in [5, 5.41) is 20.8. The molecule has 172 valence electrons. The van der Waals surface area contributed by atoms with Crippen LogP contribution in [0.2, 0.25) is 0 Å². The van der Waals surface area contributed by atoms with Crippen molar-refractivity contribution in [3.05, 3.63) is 52.0 Å². The SMILES string of the molecule is C[C@H](Oc1ccccc1F)c1nnc(S[C@H](C)C(=O)Nc2sc3c(c2C#N)CCCCC3)o1. The van der Waals surface area contributed by atoms with Crippen molar-refractivity contribution in [2.24, 2.45) is 0 Å². The lowest BCUT2D eigenvalue weighted by Gasteiger charge is -2.11. The number of carbonyl (C=O) groups is 1. The number of nitrogens with zero attached hydrogens (tertiary/aromatic N) is 3. The third kappa shape index (κ3) is 5.37. The number of hydrogen-bond acceptors (Lipinski definition) is 8. The zero-order valence-electron chi connectivity index (χ0n) is 18.3. The van der Waals surface area contributed by atoms with Gasteiger partial charge in [0.2, 0.25) is 5.91 Å². The Labute approximate surface area is 199 Å². The van der Waals surface area contributed by atoms with Crippen molar-refractivity contribution in [2.75, 3.05) is 5.32 Å². The lowest BCUT2D eigenvalue weighted by molar-refractivity contribution is -0.115. The van der Waals surface area contributed by atoms with Crippen LogP contribution in [-0.2, 0) is 17.6 Å². The van der Waals surface area contributed by atoms with Crippen LogP contribution in [0.25, 0.3) is 0 Å². The molecule has 2 heterocycles. The number of amides is 1. The van der Waals surface area contributed by atoms with E-state index in [2.05, 4.69) is 21.6 Å². The first-order chi connectivity index (χ1) is 16.0. The van der Waals surface area contributed by atoms with Gasteiger partial charge >= 0.3 is 0 Å². The molecule has 10 heteroatoms. The monoisotopic (exact) mass is 486 g/mol. The van der Waals surface area contributed by atoms with E-state index in [0.717, 1.165) is 49.4 Å². The van der Waals surface area contributed by atoms with Crippen molar-refractivity contribution in [2.45, 2.75) is 62.5 Å². The van der Waals surface area contributed by atoms with E-state index in [1.54, 1.807) is 26.0 Å². The van der Waals surface area contributed by atoms with Crippen molar-refractivity contribution < 1.29 is 18.3 Å². The van der Waals surface area contributed by atoms with E-state index < -0.39 is 17.2 Å². The number of rotatable bonds is 7. The fourth-order valence-electron chi connectivity index (χ4n) is 3.58. The first-order valence-corrected chi connectivity index (χ1v) is 12.4. The Morgan fingerprint density at radius 2 is 2.06 bits per heavy atom. The van der Waals surface area contributed by atoms with Crippen LogP contribution in [-0.4, -0.2) is 21.4 Å². The highest BCUT2D eigenvalue weighted by Gasteiger charge is 2.25. The Balaban J connectivity index is 1.39. The minimum atomic E-state index is -0.660. The zero-order valence-corrected chi connectivity index (χ0v) is 19.9. The maximum absolute atomic E-state index is 13.8. The van der Waals surface area contributed by atoms with E-state index in [4.69, 9.17) is 9.15 Å². The quantitative estimate of drug-likeness (QED) is 0.339. The van der Waals surface area contributed by atoms with Gasteiger partial charge in [-0.25, -0.2) is 4.39 Å². The molecule has 0 saturated carbocycles. The van der Waals surface area contributed by atoms with Crippen LogP contribution >= 0.6 is 23.1 Å². The normalized spacial score (nSPS) is 15.1. The molecule has 1 aromatic carbocycles. The summed E-state index contributed by atoms with van der Waals surface area (Å²) in [6, 6.07) is 8.34. The first-order valence-electron chi connectivity index (χ1n) is 10.7. The van der Waals surface area contributed by atoms with Crippen LogP contribution in [0.15, 0.2) is 33.9 Å². The summed E-state index contributed by atoms with van der Waals surface area (Å²) in [5.74, 6) is -0.454. The van der Waals surface area contributed by atoms with Gasteiger partial charge in [-0.15, -0.1) is 21.5 Å². The molecular weight excluding hydrogens is 463 g/mol. The summed E-state index contributed by atoms with van der Waals surface area (Å²) in [4.78, 5) is 14.0. The second-order valence-electron chi connectivity index (χ2n) is 7.73. The first kappa shape index (κ1) is 23.3. The van der Waals surface area contributed by atoms with E-state index in [1.807, 2.05) is 0 Å². The highest BCUT2D eigenvalue weighted by Crippen LogP contribution is 2.37. The molecule has 0 aliphatic heterocycles. The van der Waals surface area contributed by atoms with Crippen LogP contribution in [0, 0.1) is 17.1 Å². The fraction of sp³-hybridized carbons (Fsp3) is 0.391. The smallest absolute Gasteiger partial charge is 0.277 e. The highest BCUT2D eigenvalue weighted by molar-refractivity contribution is 8.00. The number of hydrogen-bond donors (Lipinski definition) is 1. The number of halogens is 1. The molecule has 0 fully saturated rings. The molecule has 1 N–H and O–H groups in total. The third-order valence-electron chi connectivity index (χ3n) is 5.33. The zero-order chi connectivity index (χ0) is 23.4. The summed E-state index contributed by atoms with van der Waals surface area (Å²) in [5.41, 5.74) is 1.67. The molecule has 0 saturated heterocycles. The number of nitrogens with one attached hydrogen (secondary N) is 1. The third-order valence-corrected chi connectivity index (χ3v) is 7.47. The highest BCUT2D eigenvalue weighted by atomic mass is 32.2. The lowest BCUT2D eigenvalue weighted by Crippen LogP contribution is -2.22. The number of para-hydroxylation sites is 1. The number of carbonyl (C=O) groups excluding carboxylic acids is 1. The van der Waals surface area contributed by atoms with E-state index in [9.17, 15) is 14.4 Å². The molecule has 1 amide bonds. The van der Waals surface area contributed by atoms with Gasteiger partial charge in [-0.05, 0) is 57.2 Å². The molecule has 2 aromatic heterocycles. The summed E-state index contributed by atoms with van der Waals surface area (Å²) in [6.07, 6.45) is 4.51. The largest absolute Gasteiger partial charge is 0.478 e. The molecular formula is C23H23FN4O3S2. The van der Waals surface area contributed by atoms with E-state index >= 15 is 0 Å². The van der Waals surface area contributed by atoms with Gasteiger partial charge in [-0.3, -0.25) is 4.79 Å². The van der Waals surface area contributed by atoms with Crippen LogP contribution in [0.4, 0.5) is 9.39 Å². The predicted octanol–water partition coefficient (Wildman–Crippen LogP) is 5.67. The molecule has 1 aliphatic rings. The lowest BCUT2D eigenvalue weighted by atomic mass is 10.1. The molecule has 33 heavy (non-hydrogen) atoms. The average molecular weight is 487 g/mol. The Morgan fingerprint density at radius 1 is 1.27 bits per heavy atom. The van der Waals surface area contributed by atoms with Gasteiger partial charge in [0.1, 0.15) is 11.1 Å². The molecule has 4 rings (SSSR count). The second-order valence-corrected chi connectivity index (χ2v) is 10.1. The molecule has 2 atom stereocenters. The molecule has 3 aromatic rings. The van der Waals surface area contributed by atoms with E-state index in [1.165, 1.54) is 28.3 Å². The van der Waals surface area contributed by atoms with Gasteiger partial charge in [-0.1, -0.05) is 30.3 Å². The molecule has 0 spiro atoms. The van der Waals surface area contributed by atoms with Crippen molar-refractivity contribution in [1.29, 1.82) is 5.26 Å². The molecule has 7 nitrogen and oxygen atoms in total. The standard InChI is InChI=1S/C23H23FN4O3S2/c1-13(30-18-10-7-6-9-17(18)24)21-27-28-23(31-21)32-14(2)20(29)26-22-16(12-25)15-8-4-3-5-11-19(15)33-22/h6-7,9-10,13-14H,3-5,8,11H2,1-2H3,(H,26,29)/t13-,14+/m0/s1. The minimum Gasteiger partial charge on any atom is -0.478 e. The number of nitriles is 1. The average Bonchev–Trinajstić information content (AvgIpc) is 3.32. The number of thioether (sulfide) groups is 1. The predicted molar refractivity (Wildman–Crippen MR) is 124 cm³/mol. The molecule has 0 unspecified atom stereocenters. The maximum atomic E-state index is 13.8. The molecule has 0 bridgehead atoms. The van der Waals surface area contributed by atoms with Crippen LogP contribution in [0.1, 0.15) is 61.1 Å². The minimum absolute atomic E-state index is 0.0905. The van der Waals surface area contributed by atoms with Crippen molar-refractivity contribution >= 4 is 34.0 Å². The van der Waals surface area contributed by atoms with Crippen LogP contribution in [0.5, 0.6) is 5.75 Å². The molecule has 0 radical (unpaired) electrons. The van der Waals surface area contributed by atoms with Crippen molar-refractivity contribution in [3.8, 4) is 11.8 Å². The molecule has 1 aliphatic carbocycles. The summed E-state index contributed by atoms with van der Waals surface area (Å²) >= 11 is 2.61. The Hall–Kier alpha value is -2.90. The summed E-state index contributed by atoms with van der Waals surface area (Å²) < 4.78 is 25.0. The van der Waals surface area contributed by atoms with Gasteiger partial charge in [0.05, 0.1) is 10.8 Å². The number of benzene rings is 1. The van der Waals surface area contributed by atoms with Crippen LogP contribution < -0.4 is 10.1 Å². The van der Waals surface area contributed by atoms with E-state index in [-0.39, 0.29) is 22.8 Å². The number of aromatic nitrogens is 2. The number of thiophene rings is 1. The van der Waals surface area contributed by atoms with E-state index in [0.29, 0.717) is 10.6 Å². The fourth-order valence-corrected chi connectivity index (χ4v) is 5.51. The number of aryl methyl sites for hydroxylation is 1. The van der Waals surface area contributed by atoms with Gasteiger partial charge in [0, 0.05) is 4.88 Å². The number of ether oxygens (including phenoxy) is 1. The number of fused-ring (bicyclic) bond motifs is 1. The second kappa shape index (κ2) is 10.4. The summed E-state index contributed by atoms with van der Waals surface area (Å²) in [7, 11) is 0. The van der Waals surface area contributed by atoms with Crippen molar-refractivity contribution in [3.63, 3.8) is 0 Å².